The second-order valence-electron chi connectivity index (χ2n) is 18.4. The number of fused-ring (bicyclic) bond motifs is 12. The summed E-state index contributed by atoms with van der Waals surface area (Å²) in [5, 5.41) is 0. The molecule has 4 aliphatic rings. The summed E-state index contributed by atoms with van der Waals surface area (Å²) in [6, 6.07) is 86.2. The molecular weight excluding hydrogens is 773 g/mol. The largest absolute Gasteiger partial charge is 0.311 e. The van der Waals surface area contributed by atoms with Gasteiger partial charge in [-0.25, -0.2) is 0 Å². The van der Waals surface area contributed by atoms with Crippen molar-refractivity contribution < 1.29 is 0 Å². The van der Waals surface area contributed by atoms with E-state index in [1.165, 1.54) is 98.4 Å². The summed E-state index contributed by atoms with van der Waals surface area (Å²) >= 11 is 0. The highest BCUT2D eigenvalue weighted by molar-refractivity contribution is 5.96. The normalized spacial score (nSPS) is 19.2. The third-order valence-corrected chi connectivity index (χ3v) is 15.4. The van der Waals surface area contributed by atoms with E-state index in [1.54, 1.807) is 0 Å². The molecule has 3 unspecified atom stereocenters. The maximum Gasteiger partial charge on any atom is 0.0726 e. The maximum atomic E-state index is 2.50. The highest BCUT2D eigenvalue weighted by Gasteiger charge is 2.53. The number of benzene rings is 9. The van der Waals surface area contributed by atoms with Gasteiger partial charge in [0, 0.05) is 39.5 Å². The molecule has 2 fully saturated rings. The first kappa shape index (κ1) is 37.2. The Morgan fingerprint density at radius 2 is 0.703 bits per heavy atom. The average molecular weight is 821 g/mol. The van der Waals surface area contributed by atoms with E-state index in [9.17, 15) is 0 Å². The Hall–Kier alpha value is -7.42. The van der Waals surface area contributed by atoms with Crippen molar-refractivity contribution in [3.63, 3.8) is 0 Å². The molecule has 9 aromatic rings. The predicted molar refractivity (Wildman–Crippen MR) is 265 cm³/mol. The molecule has 2 saturated carbocycles. The first-order valence-corrected chi connectivity index (χ1v) is 23.1. The van der Waals surface area contributed by atoms with Crippen molar-refractivity contribution in [1.82, 2.24) is 0 Å². The molecule has 0 saturated heterocycles. The van der Waals surface area contributed by atoms with Crippen LogP contribution >= 0.6 is 0 Å². The summed E-state index contributed by atoms with van der Waals surface area (Å²) in [7, 11) is 0. The lowest BCUT2D eigenvalue weighted by Gasteiger charge is -2.40. The smallest absolute Gasteiger partial charge is 0.0726 e. The van der Waals surface area contributed by atoms with E-state index in [4.69, 9.17) is 0 Å². The van der Waals surface area contributed by atoms with Crippen molar-refractivity contribution in [1.29, 1.82) is 0 Å². The van der Waals surface area contributed by atoms with Crippen LogP contribution in [-0.4, -0.2) is 0 Å². The molecule has 1 spiro atoms. The van der Waals surface area contributed by atoms with Gasteiger partial charge in [-0.15, -0.1) is 0 Å². The van der Waals surface area contributed by atoms with E-state index >= 15 is 0 Å². The molecule has 0 heterocycles. The van der Waals surface area contributed by atoms with E-state index in [-0.39, 0.29) is 5.41 Å². The SMILES string of the molecule is c1ccc(N(c2ccccc2)c2ccc(C3(c4ccc(N(c5ccccc5)c5ccc6c(c5)C5(c7ccccc7-c7ccccc75)c5ccccc5-6)cc4)CC4CCC3C4)cc2)cc1. The summed E-state index contributed by atoms with van der Waals surface area (Å²) in [6.45, 7) is 0. The van der Waals surface area contributed by atoms with E-state index in [0.29, 0.717) is 5.92 Å². The zero-order valence-corrected chi connectivity index (χ0v) is 35.8. The average Bonchev–Trinajstić information content (AvgIpc) is 4.14. The fraction of sp³-hybridized carbons (Fsp3) is 0.129. The molecule has 9 aromatic carbocycles. The lowest BCUT2D eigenvalue weighted by molar-refractivity contribution is 0.320. The molecule has 0 amide bonds. The van der Waals surface area contributed by atoms with Crippen LogP contribution in [0.25, 0.3) is 22.3 Å². The van der Waals surface area contributed by atoms with Gasteiger partial charge in [0.25, 0.3) is 0 Å². The van der Waals surface area contributed by atoms with Crippen LogP contribution in [0.1, 0.15) is 59.1 Å². The van der Waals surface area contributed by atoms with Gasteiger partial charge in [0.2, 0.25) is 0 Å². The van der Waals surface area contributed by atoms with Crippen LogP contribution in [0.3, 0.4) is 0 Å². The monoisotopic (exact) mass is 820 g/mol. The van der Waals surface area contributed by atoms with Gasteiger partial charge in [0.1, 0.15) is 0 Å². The van der Waals surface area contributed by atoms with E-state index in [0.717, 1.165) is 23.0 Å². The molecule has 306 valence electrons. The predicted octanol–water partition coefficient (Wildman–Crippen LogP) is 16.1. The Kier molecular flexibility index (Phi) is 8.46. The number of hydrogen-bond donors (Lipinski definition) is 0. The first-order valence-electron chi connectivity index (χ1n) is 23.1. The standard InChI is InChI=1S/C62H48N2/c1-4-16-47(17-5-1)63(48-18-6-2-7-19-48)50-34-30-44(31-35-50)61(42-43-28-29-46(61)40-43)45-32-36-51(37-33-45)64(49-20-8-3-9-21-49)52-38-39-56-55-24-12-15-27-59(55)62(60(56)41-52)57-25-13-10-22-53(57)54-23-11-14-26-58(54)62/h1-27,30-39,41,43,46H,28-29,40,42H2. The molecule has 0 aliphatic heterocycles. The summed E-state index contributed by atoms with van der Waals surface area (Å²) in [4.78, 5) is 4.84. The molecular formula is C62H48N2. The second kappa shape index (κ2) is 14.6. The minimum absolute atomic E-state index is 0.0170. The van der Waals surface area contributed by atoms with E-state index in [2.05, 4.69) is 240 Å². The molecule has 2 nitrogen and oxygen atoms in total. The number of rotatable bonds is 8. The fourth-order valence-electron chi connectivity index (χ4n) is 12.9. The van der Waals surface area contributed by atoms with Gasteiger partial charge in [-0.05, 0) is 160 Å². The fourth-order valence-corrected chi connectivity index (χ4v) is 12.9. The number of hydrogen-bond acceptors (Lipinski definition) is 2. The van der Waals surface area contributed by atoms with Crippen molar-refractivity contribution in [2.45, 2.75) is 36.5 Å². The maximum absolute atomic E-state index is 2.50. The molecule has 0 aromatic heterocycles. The van der Waals surface area contributed by atoms with Gasteiger partial charge in [-0.2, -0.15) is 0 Å². The van der Waals surface area contributed by atoms with Crippen LogP contribution in [0.4, 0.5) is 34.1 Å². The van der Waals surface area contributed by atoms with Gasteiger partial charge in [-0.1, -0.05) is 164 Å². The quantitative estimate of drug-likeness (QED) is 0.151. The molecule has 64 heavy (non-hydrogen) atoms. The van der Waals surface area contributed by atoms with Crippen LogP contribution < -0.4 is 9.80 Å². The Morgan fingerprint density at radius 3 is 1.12 bits per heavy atom. The molecule has 4 aliphatic carbocycles. The van der Waals surface area contributed by atoms with Crippen LogP contribution in [0, 0.1) is 11.8 Å². The van der Waals surface area contributed by atoms with Crippen LogP contribution in [0.15, 0.2) is 231 Å². The van der Waals surface area contributed by atoms with E-state index < -0.39 is 5.41 Å². The van der Waals surface area contributed by atoms with Crippen molar-refractivity contribution in [2.75, 3.05) is 9.80 Å². The molecule has 13 rings (SSSR count). The summed E-state index contributed by atoms with van der Waals surface area (Å²) in [5.41, 5.74) is 20.2. The summed E-state index contributed by atoms with van der Waals surface area (Å²) < 4.78 is 0. The van der Waals surface area contributed by atoms with Gasteiger partial charge in [-0.3, -0.25) is 0 Å². The Morgan fingerprint density at radius 1 is 0.328 bits per heavy atom. The van der Waals surface area contributed by atoms with Crippen molar-refractivity contribution >= 4 is 34.1 Å². The molecule has 0 N–H and O–H groups in total. The third-order valence-electron chi connectivity index (χ3n) is 15.4. The zero-order valence-electron chi connectivity index (χ0n) is 35.8. The van der Waals surface area contributed by atoms with Crippen LogP contribution in [0.5, 0.6) is 0 Å². The highest BCUT2D eigenvalue weighted by atomic mass is 15.1. The van der Waals surface area contributed by atoms with Crippen LogP contribution in [0.2, 0.25) is 0 Å². The Balaban J connectivity index is 0.922. The van der Waals surface area contributed by atoms with Crippen molar-refractivity contribution in [3.05, 3.63) is 264 Å². The van der Waals surface area contributed by atoms with Gasteiger partial charge >= 0.3 is 0 Å². The van der Waals surface area contributed by atoms with Gasteiger partial charge in [0.15, 0.2) is 0 Å². The number of para-hydroxylation sites is 3. The molecule has 2 heteroatoms. The lowest BCUT2D eigenvalue weighted by atomic mass is 9.64. The summed E-state index contributed by atoms with van der Waals surface area (Å²) in [6.07, 6.45) is 5.15. The Bertz CT molecular complexity index is 3070. The Labute approximate surface area is 376 Å². The van der Waals surface area contributed by atoms with Gasteiger partial charge in [0.05, 0.1) is 5.41 Å². The highest BCUT2D eigenvalue weighted by Crippen LogP contribution is 2.64. The number of nitrogens with zero attached hydrogens (tertiary/aromatic N) is 2. The first-order chi connectivity index (χ1) is 31.7. The second-order valence-corrected chi connectivity index (χ2v) is 18.4. The van der Waals surface area contributed by atoms with Gasteiger partial charge < -0.3 is 9.80 Å². The molecule has 0 radical (unpaired) electrons. The van der Waals surface area contributed by atoms with Crippen molar-refractivity contribution in [2.24, 2.45) is 11.8 Å². The number of anilines is 6. The minimum Gasteiger partial charge on any atom is -0.311 e. The molecule has 3 atom stereocenters. The van der Waals surface area contributed by atoms with Crippen LogP contribution in [-0.2, 0) is 10.8 Å². The summed E-state index contributed by atoms with van der Waals surface area (Å²) in [5.74, 6) is 1.40. The zero-order chi connectivity index (χ0) is 42.2. The van der Waals surface area contributed by atoms with Crippen molar-refractivity contribution in [3.8, 4) is 22.3 Å². The minimum atomic E-state index is -0.399. The third kappa shape index (κ3) is 5.38. The molecule has 2 bridgehead atoms. The lowest BCUT2D eigenvalue weighted by Crippen LogP contribution is -2.34. The van der Waals surface area contributed by atoms with E-state index in [1.807, 2.05) is 0 Å². The topological polar surface area (TPSA) is 6.48 Å².